The van der Waals surface area contributed by atoms with Crippen LogP contribution in [0.4, 0.5) is 5.69 Å². The van der Waals surface area contributed by atoms with E-state index in [4.69, 9.17) is 0 Å². The number of aromatic carboxylic acids is 1. The summed E-state index contributed by atoms with van der Waals surface area (Å²) in [5.41, 5.74) is 6.36. The minimum Gasteiger partial charge on any atom is -0.508 e. The summed E-state index contributed by atoms with van der Waals surface area (Å²) in [7, 11) is 1.58. The van der Waals surface area contributed by atoms with Crippen LogP contribution in [-0.2, 0) is 16.0 Å². The lowest BCUT2D eigenvalue weighted by molar-refractivity contribution is -0.122. The van der Waals surface area contributed by atoms with Crippen molar-refractivity contribution in [2.45, 2.75) is 40.0 Å². The number of rotatable bonds is 15. The zero-order chi connectivity index (χ0) is 46.5. The smallest absolute Gasteiger partial charge is 0.339 e. The van der Waals surface area contributed by atoms with Crippen molar-refractivity contribution in [1.82, 2.24) is 30.0 Å². The second-order valence-corrected chi connectivity index (χ2v) is 15.5. The van der Waals surface area contributed by atoms with Gasteiger partial charge in [0.15, 0.2) is 11.6 Å². The molecule has 0 bridgehead atoms. The highest BCUT2D eigenvalue weighted by molar-refractivity contribution is 6.03. The number of carbonyl (C=O) groups is 4. The third-order valence-electron chi connectivity index (χ3n) is 11.2. The SMILES string of the molecule is C/C(=C\c1ccc(O)cc1)C(=O)Cc1ccc(C(=O)C[C@@H](CC#N)C(=O)N(C)c2ccc(-c3cn(-c4ccc(-n5cc(-c6ccc(C(=O)O)c(O)c6C)nn5)c(O)c4C)nn3)cc2)cc1. The van der Waals surface area contributed by atoms with Gasteiger partial charge in [0.25, 0.3) is 0 Å². The first-order valence-corrected chi connectivity index (χ1v) is 20.2. The molecule has 0 radical (unpaired) electrons. The average molecular weight is 871 g/mol. The Balaban J connectivity index is 0.985. The van der Waals surface area contributed by atoms with Crippen LogP contribution in [0.2, 0.25) is 0 Å². The summed E-state index contributed by atoms with van der Waals surface area (Å²) in [5, 5.41) is 67.0. The fourth-order valence-corrected chi connectivity index (χ4v) is 7.27. The van der Waals surface area contributed by atoms with E-state index in [2.05, 4.69) is 20.6 Å². The molecule has 0 fully saturated rings. The first-order chi connectivity index (χ1) is 31.1. The van der Waals surface area contributed by atoms with Gasteiger partial charge in [-0.05, 0) is 86.0 Å². The van der Waals surface area contributed by atoms with E-state index in [-0.39, 0.29) is 53.6 Å². The van der Waals surface area contributed by atoms with Crippen molar-refractivity contribution in [2.75, 3.05) is 11.9 Å². The molecule has 0 saturated heterocycles. The average Bonchev–Trinajstić information content (AvgIpc) is 4.00. The third-order valence-corrected chi connectivity index (χ3v) is 11.2. The molecule has 0 aliphatic rings. The van der Waals surface area contributed by atoms with Crippen LogP contribution in [-0.4, -0.2) is 80.9 Å². The summed E-state index contributed by atoms with van der Waals surface area (Å²) in [6.07, 6.45) is 4.76. The number of Topliss-reactive ketones (excluding diaryl/α,β-unsaturated/α-hetero) is 2. The Kier molecular flexibility index (Phi) is 12.8. The number of aromatic nitrogens is 6. The van der Waals surface area contributed by atoms with Gasteiger partial charge in [0, 0.05) is 59.8 Å². The summed E-state index contributed by atoms with van der Waals surface area (Å²) >= 11 is 0. The Morgan fingerprint density at radius 2 is 1.40 bits per heavy atom. The number of hydrogen-bond acceptors (Lipinski definition) is 12. The number of ketones is 2. The highest BCUT2D eigenvalue weighted by atomic mass is 16.4. The van der Waals surface area contributed by atoms with Crippen molar-refractivity contribution in [3.8, 4) is 57.2 Å². The van der Waals surface area contributed by atoms with Crippen molar-refractivity contribution < 1.29 is 39.6 Å². The van der Waals surface area contributed by atoms with E-state index in [0.29, 0.717) is 67.4 Å². The Morgan fingerprint density at radius 1 is 0.769 bits per heavy atom. The van der Waals surface area contributed by atoms with Crippen LogP contribution in [0.3, 0.4) is 0 Å². The topological polar surface area (TPSA) is 238 Å². The zero-order valence-corrected chi connectivity index (χ0v) is 35.7. The quantitative estimate of drug-likeness (QED) is 0.0574. The van der Waals surface area contributed by atoms with Crippen LogP contribution in [0.25, 0.3) is 40.0 Å². The number of nitriles is 1. The van der Waals surface area contributed by atoms with Gasteiger partial charge in [0.05, 0.1) is 30.1 Å². The maximum Gasteiger partial charge on any atom is 0.339 e. The van der Waals surface area contributed by atoms with Gasteiger partial charge in [-0.3, -0.25) is 14.4 Å². The molecule has 0 saturated carbocycles. The molecule has 5 aromatic carbocycles. The van der Waals surface area contributed by atoms with Crippen molar-refractivity contribution in [3.05, 3.63) is 148 Å². The molecule has 2 heterocycles. The van der Waals surface area contributed by atoms with Gasteiger partial charge in [-0.2, -0.15) is 5.26 Å². The second kappa shape index (κ2) is 18.7. The number of benzene rings is 5. The first-order valence-electron chi connectivity index (χ1n) is 20.2. The maximum absolute atomic E-state index is 13.7. The molecule has 2 aromatic heterocycles. The highest BCUT2D eigenvalue weighted by Gasteiger charge is 2.27. The molecule has 0 unspecified atom stereocenters. The van der Waals surface area contributed by atoms with Crippen molar-refractivity contribution in [2.24, 2.45) is 5.92 Å². The molecule has 0 aliphatic heterocycles. The summed E-state index contributed by atoms with van der Waals surface area (Å²) < 4.78 is 2.88. The molecular formula is C49H42N8O8. The third kappa shape index (κ3) is 9.54. The van der Waals surface area contributed by atoms with Crippen LogP contribution in [0.15, 0.2) is 115 Å². The molecule has 0 aliphatic carbocycles. The predicted octanol–water partition coefficient (Wildman–Crippen LogP) is 7.59. The molecule has 16 heteroatoms. The van der Waals surface area contributed by atoms with Gasteiger partial charge in [0.1, 0.15) is 39.9 Å². The number of nitrogens with zero attached hydrogens (tertiary/aromatic N) is 8. The van der Waals surface area contributed by atoms with Gasteiger partial charge in [0.2, 0.25) is 5.91 Å². The predicted molar refractivity (Wildman–Crippen MR) is 240 cm³/mol. The number of allylic oxidation sites excluding steroid dienone is 1. The fraction of sp³-hybridized carbons (Fsp3) is 0.163. The Morgan fingerprint density at radius 3 is 2.06 bits per heavy atom. The lowest BCUT2D eigenvalue weighted by Gasteiger charge is -2.22. The van der Waals surface area contributed by atoms with Crippen LogP contribution in [0, 0.1) is 31.1 Å². The van der Waals surface area contributed by atoms with Crippen LogP contribution in [0.5, 0.6) is 17.2 Å². The number of phenolic OH excluding ortho intramolecular Hbond substituents is 2. The Hall–Kier alpha value is -8.71. The van der Waals surface area contributed by atoms with E-state index in [9.17, 15) is 44.9 Å². The lowest BCUT2D eigenvalue weighted by atomic mass is 9.93. The largest absolute Gasteiger partial charge is 0.508 e. The number of aromatic hydroxyl groups is 3. The Labute approximate surface area is 372 Å². The van der Waals surface area contributed by atoms with E-state index in [0.717, 1.165) is 5.56 Å². The highest BCUT2D eigenvalue weighted by Crippen LogP contribution is 2.34. The molecule has 16 nitrogen and oxygen atoms in total. The number of carboxylic acids is 1. The van der Waals surface area contributed by atoms with Gasteiger partial charge in [-0.25, -0.2) is 14.2 Å². The van der Waals surface area contributed by atoms with Crippen LogP contribution in [0.1, 0.15) is 62.7 Å². The minimum absolute atomic E-state index is 0.0931. The minimum atomic E-state index is -1.26. The van der Waals surface area contributed by atoms with Gasteiger partial charge >= 0.3 is 5.97 Å². The zero-order valence-electron chi connectivity index (χ0n) is 35.7. The molecule has 1 atom stereocenters. The number of phenols is 3. The normalized spacial score (nSPS) is 11.8. The molecular weight excluding hydrogens is 829 g/mol. The summed E-state index contributed by atoms with van der Waals surface area (Å²) in [5.74, 6) is -3.30. The summed E-state index contributed by atoms with van der Waals surface area (Å²) in [4.78, 5) is 52.7. The molecule has 7 aromatic rings. The number of hydrogen-bond donors (Lipinski definition) is 4. The maximum atomic E-state index is 13.7. The number of anilines is 1. The fourth-order valence-electron chi connectivity index (χ4n) is 7.27. The van der Waals surface area contributed by atoms with Crippen molar-refractivity contribution in [3.63, 3.8) is 0 Å². The number of carbonyl (C=O) groups excluding carboxylic acids is 3. The molecule has 0 spiro atoms. The van der Waals surface area contributed by atoms with E-state index in [1.807, 2.05) is 6.07 Å². The number of carboxylic acid groups (broad SMARTS) is 1. The molecule has 65 heavy (non-hydrogen) atoms. The summed E-state index contributed by atoms with van der Waals surface area (Å²) in [6, 6.07) is 28.4. The van der Waals surface area contributed by atoms with Crippen molar-refractivity contribution >= 4 is 35.2 Å². The van der Waals surface area contributed by atoms with Gasteiger partial charge in [-0.1, -0.05) is 65.0 Å². The van der Waals surface area contributed by atoms with Crippen LogP contribution < -0.4 is 4.90 Å². The van der Waals surface area contributed by atoms with Gasteiger partial charge in [-0.15, -0.1) is 10.2 Å². The second-order valence-electron chi connectivity index (χ2n) is 15.5. The first kappa shape index (κ1) is 44.3. The van der Waals surface area contributed by atoms with E-state index < -0.39 is 17.8 Å². The van der Waals surface area contributed by atoms with Crippen molar-refractivity contribution in [1.29, 1.82) is 5.26 Å². The van der Waals surface area contributed by atoms with Gasteiger partial charge < -0.3 is 25.3 Å². The monoisotopic (exact) mass is 870 g/mol. The lowest BCUT2D eigenvalue weighted by Crippen LogP contribution is -2.34. The molecule has 7 rings (SSSR count). The summed E-state index contributed by atoms with van der Waals surface area (Å²) in [6.45, 7) is 5.00. The van der Waals surface area contributed by atoms with E-state index >= 15 is 0 Å². The van der Waals surface area contributed by atoms with E-state index in [1.165, 1.54) is 26.4 Å². The van der Waals surface area contributed by atoms with E-state index in [1.54, 1.807) is 131 Å². The number of amides is 1. The standard InChI is InChI=1S/C49H42N8O8/c1-28(23-31-7-15-37(58)16-8-31)44(59)24-32-5-9-34(10-6-32)45(60)25-35(21-22-50)48(63)55(4)36-13-11-33(12-14-36)40-26-56(53-51-40)42-19-20-43(47(62)30(42)3)57-27-41(52-54-57)38-17-18-39(49(64)65)46(61)29(38)2/h5-20,23,26-27,35,58,61-62H,21,24-25H2,1-4H3,(H,64,65)/b28-23+/t35-/m1/s1. The molecule has 326 valence electrons. The Bertz CT molecular complexity index is 3040. The van der Waals surface area contributed by atoms with Crippen LogP contribution >= 0.6 is 0 Å². The molecule has 1 amide bonds. The molecule has 4 N–H and O–H groups in total.